The highest BCUT2D eigenvalue weighted by Gasteiger charge is 2.25. The Labute approximate surface area is 103 Å². The molecule has 17 heavy (non-hydrogen) atoms. The number of carbonyl (C=O) groups excluding carboxylic acids is 1. The second-order valence-corrected chi connectivity index (χ2v) is 5.23. The van der Waals surface area contributed by atoms with E-state index < -0.39 is 11.7 Å². The number of carbonyl (C=O) groups is 1. The number of ether oxygens (including phenoxy) is 1. The lowest BCUT2D eigenvalue weighted by molar-refractivity contribution is -0.185. The molecule has 0 unspecified atom stereocenters. The summed E-state index contributed by atoms with van der Waals surface area (Å²) in [6.45, 7) is 9.81. The Balaban J connectivity index is 2.43. The molecule has 1 aliphatic rings. The van der Waals surface area contributed by atoms with Crippen LogP contribution in [0.25, 0.3) is 0 Å². The van der Waals surface area contributed by atoms with Crippen LogP contribution in [0.3, 0.4) is 0 Å². The molecule has 0 aromatic heterocycles. The zero-order valence-electron chi connectivity index (χ0n) is 11.3. The third kappa shape index (κ3) is 5.37. The molecule has 1 aliphatic heterocycles. The largest absolute Gasteiger partial charge is 0.442 e. The second-order valence-electron chi connectivity index (χ2n) is 5.23. The molecule has 0 aliphatic carbocycles. The van der Waals surface area contributed by atoms with Crippen molar-refractivity contribution in [3.63, 3.8) is 0 Å². The fraction of sp³-hybridized carbons (Fsp3) is 0.917. The molecule has 0 bridgehead atoms. The highest BCUT2D eigenvalue weighted by Crippen LogP contribution is 2.14. The van der Waals surface area contributed by atoms with Crippen molar-refractivity contribution in [3.05, 3.63) is 0 Å². The number of rotatable bonds is 3. The molecule has 1 rings (SSSR count). The summed E-state index contributed by atoms with van der Waals surface area (Å²) in [5.41, 5.74) is -0.484. The number of hydrogen-bond donors (Lipinski definition) is 1. The van der Waals surface area contributed by atoms with Crippen LogP contribution in [-0.2, 0) is 9.57 Å². The molecule has 100 valence electrons. The van der Waals surface area contributed by atoms with Crippen molar-refractivity contribution in [2.75, 3.05) is 19.6 Å². The Morgan fingerprint density at radius 3 is 2.41 bits per heavy atom. The van der Waals surface area contributed by atoms with Gasteiger partial charge in [0.15, 0.2) is 0 Å². The topological polar surface area (TPSA) is 50.8 Å². The van der Waals surface area contributed by atoms with E-state index in [1.807, 2.05) is 27.7 Å². The first-order valence-electron chi connectivity index (χ1n) is 6.30. The van der Waals surface area contributed by atoms with E-state index in [1.54, 1.807) is 0 Å². The van der Waals surface area contributed by atoms with Gasteiger partial charge in [0.25, 0.3) is 0 Å². The van der Waals surface area contributed by atoms with Crippen LogP contribution in [0.2, 0.25) is 0 Å². The van der Waals surface area contributed by atoms with Crippen molar-refractivity contribution >= 4 is 6.09 Å². The van der Waals surface area contributed by atoms with Crippen LogP contribution < -0.4 is 5.32 Å². The summed E-state index contributed by atoms with van der Waals surface area (Å²) in [6, 6.07) is 0. The van der Waals surface area contributed by atoms with E-state index >= 15 is 0 Å². The summed E-state index contributed by atoms with van der Waals surface area (Å²) < 4.78 is 5.28. The summed E-state index contributed by atoms with van der Waals surface area (Å²) in [5, 5.41) is 4.58. The molecule has 1 N–H and O–H groups in total. The number of hydrogen-bond acceptors (Lipinski definition) is 4. The van der Waals surface area contributed by atoms with Crippen molar-refractivity contribution in [1.29, 1.82) is 0 Å². The summed E-state index contributed by atoms with van der Waals surface area (Å²) in [7, 11) is 0. The van der Waals surface area contributed by atoms with Gasteiger partial charge >= 0.3 is 6.09 Å². The van der Waals surface area contributed by atoms with Crippen LogP contribution in [0, 0.1) is 0 Å². The molecule has 1 fully saturated rings. The van der Waals surface area contributed by atoms with E-state index in [9.17, 15) is 4.79 Å². The normalized spacial score (nSPS) is 17.9. The van der Waals surface area contributed by atoms with Gasteiger partial charge in [0.2, 0.25) is 0 Å². The molecule has 1 saturated heterocycles. The van der Waals surface area contributed by atoms with E-state index in [1.165, 1.54) is 5.06 Å². The molecule has 1 amide bonds. The van der Waals surface area contributed by atoms with Crippen LogP contribution >= 0.6 is 0 Å². The van der Waals surface area contributed by atoms with E-state index in [-0.39, 0.29) is 6.10 Å². The van der Waals surface area contributed by atoms with Crippen LogP contribution in [-0.4, -0.2) is 42.5 Å². The predicted octanol–water partition coefficient (Wildman–Crippen LogP) is 1.93. The average Bonchev–Trinajstić information content (AvgIpc) is 2.24. The van der Waals surface area contributed by atoms with E-state index in [0.717, 1.165) is 25.9 Å². The lowest BCUT2D eigenvalue weighted by atomic mass is 10.1. The van der Waals surface area contributed by atoms with Gasteiger partial charge in [-0.2, -0.15) is 5.06 Å². The summed E-state index contributed by atoms with van der Waals surface area (Å²) in [6.07, 6.45) is 1.57. The summed E-state index contributed by atoms with van der Waals surface area (Å²) >= 11 is 0. The Morgan fingerprint density at radius 2 is 1.94 bits per heavy atom. The minimum atomic E-state index is -0.484. The Bertz CT molecular complexity index is 245. The number of piperidine rings is 1. The van der Waals surface area contributed by atoms with Crippen molar-refractivity contribution in [3.8, 4) is 0 Å². The Morgan fingerprint density at radius 1 is 1.35 bits per heavy atom. The number of hydroxylamine groups is 2. The maximum Gasteiger partial charge on any atom is 0.434 e. The minimum Gasteiger partial charge on any atom is -0.442 e. The highest BCUT2D eigenvalue weighted by molar-refractivity contribution is 5.66. The van der Waals surface area contributed by atoms with Gasteiger partial charge in [-0.15, -0.1) is 0 Å². The molecule has 1 heterocycles. The van der Waals surface area contributed by atoms with Gasteiger partial charge in [0.05, 0.1) is 6.10 Å². The standard InChI is InChI=1S/C12H24N2O3/c1-5-14(11(15)16-12(2,3)4)17-10-6-8-13-9-7-10/h10,13H,5-9H2,1-4H3. The summed E-state index contributed by atoms with van der Waals surface area (Å²) in [5.74, 6) is 0. The maximum atomic E-state index is 11.8. The van der Waals surface area contributed by atoms with Gasteiger partial charge in [-0.3, -0.25) is 4.84 Å². The van der Waals surface area contributed by atoms with Crippen LogP contribution in [0.1, 0.15) is 40.5 Å². The third-order valence-corrected chi connectivity index (χ3v) is 2.45. The van der Waals surface area contributed by atoms with E-state index in [0.29, 0.717) is 6.54 Å². The van der Waals surface area contributed by atoms with Crippen molar-refractivity contribution in [2.45, 2.75) is 52.2 Å². The SMILES string of the molecule is CCN(OC1CCNCC1)C(=O)OC(C)(C)C. The zero-order valence-corrected chi connectivity index (χ0v) is 11.3. The number of nitrogens with one attached hydrogen (secondary N) is 1. The molecule has 0 atom stereocenters. The molecular weight excluding hydrogens is 220 g/mol. The van der Waals surface area contributed by atoms with Crippen molar-refractivity contribution in [2.24, 2.45) is 0 Å². The van der Waals surface area contributed by atoms with Crippen LogP contribution in [0.4, 0.5) is 4.79 Å². The molecule has 0 radical (unpaired) electrons. The van der Waals surface area contributed by atoms with Gasteiger partial charge in [0, 0.05) is 6.54 Å². The Hall–Kier alpha value is -0.810. The molecule has 0 spiro atoms. The highest BCUT2D eigenvalue weighted by atomic mass is 16.7. The first-order chi connectivity index (χ1) is 7.92. The average molecular weight is 244 g/mol. The Kier molecular flexibility index (Phi) is 5.21. The second kappa shape index (κ2) is 6.21. The van der Waals surface area contributed by atoms with Gasteiger partial charge in [-0.25, -0.2) is 4.79 Å². The lowest BCUT2D eigenvalue weighted by Gasteiger charge is -2.30. The maximum absolute atomic E-state index is 11.8. The first kappa shape index (κ1) is 14.3. The monoisotopic (exact) mass is 244 g/mol. The molecule has 0 saturated carbocycles. The summed E-state index contributed by atoms with van der Waals surface area (Å²) in [4.78, 5) is 17.5. The lowest BCUT2D eigenvalue weighted by Crippen LogP contribution is -2.42. The first-order valence-corrected chi connectivity index (χ1v) is 6.30. The van der Waals surface area contributed by atoms with Gasteiger partial charge in [-0.05, 0) is 53.6 Å². The fourth-order valence-corrected chi connectivity index (χ4v) is 1.64. The fourth-order valence-electron chi connectivity index (χ4n) is 1.64. The number of nitrogens with zero attached hydrogens (tertiary/aromatic N) is 1. The third-order valence-electron chi connectivity index (χ3n) is 2.45. The molecular formula is C12H24N2O3. The van der Waals surface area contributed by atoms with Gasteiger partial charge in [0.1, 0.15) is 5.60 Å². The molecule has 0 aromatic carbocycles. The predicted molar refractivity (Wildman–Crippen MR) is 65.6 cm³/mol. The van der Waals surface area contributed by atoms with E-state index in [2.05, 4.69) is 5.32 Å². The minimum absolute atomic E-state index is 0.115. The zero-order chi connectivity index (χ0) is 12.9. The molecule has 0 aromatic rings. The quantitative estimate of drug-likeness (QED) is 0.771. The van der Waals surface area contributed by atoms with Crippen LogP contribution in [0.5, 0.6) is 0 Å². The van der Waals surface area contributed by atoms with E-state index in [4.69, 9.17) is 9.57 Å². The number of amides is 1. The molecule has 5 heteroatoms. The van der Waals surface area contributed by atoms with Crippen molar-refractivity contribution < 1.29 is 14.4 Å². The van der Waals surface area contributed by atoms with Crippen LogP contribution in [0.15, 0.2) is 0 Å². The van der Waals surface area contributed by atoms with Crippen molar-refractivity contribution in [1.82, 2.24) is 10.4 Å². The van der Waals surface area contributed by atoms with Gasteiger partial charge < -0.3 is 10.1 Å². The smallest absolute Gasteiger partial charge is 0.434 e. The molecule has 5 nitrogen and oxygen atoms in total. The van der Waals surface area contributed by atoms with Gasteiger partial charge in [-0.1, -0.05) is 0 Å².